The number of aromatic nitrogens is 2. The topological polar surface area (TPSA) is 57.3 Å². The molecule has 2 aromatic carbocycles. The summed E-state index contributed by atoms with van der Waals surface area (Å²) in [5, 5.41) is 0.865. The molecule has 0 N–H and O–H groups in total. The zero-order chi connectivity index (χ0) is 17.2. The van der Waals surface area contributed by atoms with Crippen LogP contribution in [-0.4, -0.2) is 16.2 Å². The van der Waals surface area contributed by atoms with Crippen LogP contribution in [0.25, 0.3) is 22.1 Å². The van der Waals surface area contributed by atoms with Crippen LogP contribution < -0.4 is 10.3 Å². The fourth-order valence-electron chi connectivity index (χ4n) is 2.91. The van der Waals surface area contributed by atoms with E-state index in [2.05, 4.69) is 4.98 Å². The number of nitrogens with zero attached hydrogens (tertiary/aromatic N) is 2. The van der Waals surface area contributed by atoms with Crippen molar-refractivity contribution in [1.29, 1.82) is 0 Å². The van der Waals surface area contributed by atoms with E-state index in [-0.39, 0.29) is 5.56 Å². The van der Waals surface area contributed by atoms with Gasteiger partial charge in [0.25, 0.3) is 5.56 Å². The lowest BCUT2D eigenvalue weighted by Gasteiger charge is -2.09. The molecule has 0 atom stereocenters. The largest absolute Gasteiger partial charge is 0.493 e. The number of aryl methyl sites for hydroxylation is 2. The van der Waals surface area contributed by atoms with Crippen LogP contribution in [0.1, 0.15) is 12.0 Å². The SMILES string of the molecule is Cc1ccccc1OCCCn1cnc2c(oc3ccccc32)c1=O. The van der Waals surface area contributed by atoms with Gasteiger partial charge in [0.2, 0.25) is 5.58 Å². The molecule has 0 fully saturated rings. The van der Waals surface area contributed by atoms with Gasteiger partial charge in [-0.05, 0) is 37.1 Å². The molecular formula is C20H18N2O3. The monoisotopic (exact) mass is 334 g/mol. The highest BCUT2D eigenvalue weighted by Crippen LogP contribution is 2.24. The van der Waals surface area contributed by atoms with E-state index in [0.717, 1.165) is 16.7 Å². The quantitative estimate of drug-likeness (QED) is 0.519. The summed E-state index contributed by atoms with van der Waals surface area (Å²) in [5.74, 6) is 0.876. The molecule has 0 aliphatic heterocycles. The van der Waals surface area contributed by atoms with E-state index < -0.39 is 0 Å². The van der Waals surface area contributed by atoms with Gasteiger partial charge in [0.1, 0.15) is 16.8 Å². The summed E-state index contributed by atoms with van der Waals surface area (Å²) in [7, 11) is 0. The minimum Gasteiger partial charge on any atom is -0.493 e. The Morgan fingerprint density at radius 3 is 2.80 bits per heavy atom. The predicted octanol–water partition coefficient (Wildman–Crippen LogP) is 3.92. The van der Waals surface area contributed by atoms with E-state index in [1.165, 1.54) is 0 Å². The van der Waals surface area contributed by atoms with Crippen LogP contribution >= 0.6 is 0 Å². The Morgan fingerprint density at radius 1 is 1.12 bits per heavy atom. The number of hydrogen-bond acceptors (Lipinski definition) is 4. The molecule has 0 saturated carbocycles. The Kier molecular flexibility index (Phi) is 3.98. The number of hydrogen-bond donors (Lipinski definition) is 0. The molecule has 5 nitrogen and oxygen atoms in total. The first-order valence-electron chi connectivity index (χ1n) is 8.29. The Balaban J connectivity index is 1.50. The fourth-order valence-corrected chi connectivity index (χ4v) is 2.91. The van der Waals surface area contributed by atoms with Crippen LogP contribution in [0.5, 0.6) is 5.75 Å². The van der Waals surface area contributed by atoms with E-state index in [1.807, 2.05) is 55.5 Å². The highest BCUT2D eigenvalue weighted by Gasteiger charge is 2.12. The van der Waals surface area contributed by atoms with Crippen molar-refractivity contribution in [3.05, 3.63) is 70.8 Å². The molecule has 2 heterocycles. The summed E-state index contributed by atoms with van der Waals surface area (Å²) < 4.78 is 13.0. The van der Waals surface area contributed by atoms with Crippen molar-refractivity contribution in [2.75, 3.05) is 6.61 Å². The van der Waals surface area contributed by atoms with Gasteiger partial charge in [-0.2, -0.15) is 0 Å². The summed E-state index contributed by atoms with van der Waals surface area (Å²) in [6, 6.07) is 15.4. The smallest absolute Gasteiger partial charge is 0.297 e. The summed E-state index contributed by atoms with van der Waals surface area (Å²) in [6.07, 6.45) is 2.29. The number of fused-ring (bicyclic) bond motifs is 3. The van der Waals surface area contributed by atoms with Crippen molar-refractivity contribution in [3.8, 4) is 5.75 Å². The van der Waals surface area contributed by atoms with E-state index in [9.17, 15) is 4.79 Å². The van der Waals surface area contributed by atoms with Crippen molar-refractivity contribution in [2.45, 2.75) is 19.9 Å². The average molecular weight is 334 g/mol. The summed E-state index contributed by atoms with van der Waals surface area (Å²) in [5.41, 5.74) is 2.56. The zero-order valence-electron chi connectivity index (χ0n) is 13.9. The molecular weight excluding hydrogens is 316 g/mol. The van der Waals surface area contributed by atoms with Crippen LogP contribution in [0.15, 0.2) is 64.1 Å². The van der Waals surface area contributed by atoms with Crippen LogP contribution in [-0.2, 0) is 6.54 Å². The van der Waals surface area contributed by atoms with E-state index in [1.54, 1.807) is 10.9 Å². The molecule has 25 heavy (non-hydrogen) atoms. The third-order valence-corrected chi connectivity index (χ3v) is 4.25. The maximum atomic E-state index is 12.6. The summed E-state index contributed by atoms with van der Waals surface area (Å²) in [4.78, 5) is 17.0. The molecule has 0 amide bonds. The number of para-hydroxylation sites is 2. The second kappa shape index (κ2) is 6.43. The minimum absolute atomic E-state index is 0.155. The van der Waals surface area contributed by atoms with Crippen molar-refractivity contribution in [2.24, 2.45) is 0 Å². The molecule has 0 saturated heterocycles. The van der Waals surface area contributed by atoms with Crippen molar-refractivity contribution < 1.29 is 9.15 Å². The molecule has 0 unspecified atom stereocenters. The van der Waals surface area contributed by atoms with Crippen LogP contribution in [0.3, 0.4) is 0 Å². The molecule has 126 valence electrons. The Labute approximate surface area is 144 Å². The molecule has 0 aliphatic carbocycles. The van der Waals surface area contributed by atoms with Gasteiger partial charge in [-0.3, -0.25) is 9.36 Å². The predicted molar refractivity (Wildman–Crippen MR) is 97.1 cm³/mol. The maximum Gasteiger partial charge on any atom is 0.297 e. The molecule has 5 heteroatoms. The average Bonchev–Trinajstić information content (AvgIpc) is 3.01. The van der Waals surface area contributed by atoms with Crippen molar-refractivity contribution in [1.82, 2.24) is 9.55 Å². The standard InChI is InChI=1S/C20H18N2O3/c1-14-7-2-4-9-16(14)24-12-6-11-22-13-21-18-15-8-3-5-10-17(15)25-19(18)20(22)23/h2-5,7-10,13H,6,11-12H2,1H3. The lowest BCUT2D eigenvalue weighted by Crippen LogP contribution is -2.21. The molecule has 0 aliphatic rings. The molecule has 0 radical (unpaired) electrons. The first kappa shape index (κ1) is 15.4. The number of rotatable bonds is 5. The number of ether oxygens (including phenoxy) is 1. The third kappa shape index (κ3) is 2.89. The van der Waals surface area contributed by atoms with Gasteiger partial charge >= 0.3 is 0 Å². The number of furan rings is 1. The Bertz CT molecular complexity index is 1090. The molecule has 0 bridgehead atoms. The van der Waals surface area contributed by atoms with Crippen molar-refractivity contribution in [3.63, 3.8) is 0 Å². The molecule has 2 aromatic heterocycles. The molecule has 4 aromatic rings. The Hall–Kier alpha value is -3.08. The number of benzene rings is 2. The summed E-state index contributed by atoms with van der Waals surface area (Å²) in [6.45, 7) is 3.08. The third-order valence-electron chi connectivity index (χ3n) is 4.25. The van der Waals surface area contributed by atoms with Gasteiger partial charge in [-0.1, -0.05) is 30.3 Å². The first-order valence-corrected chi connectivity index (χ1v) is 8.29. The zero-order valence-corrected chi connectivity index (χ0v) is 13.9. The summed E-state index contributed by atoms with van der Waals surface area (Å²) >= 11 is 0. The minimum atomic E-state index is -0.155. The van der Waals surface area contributed by atoms with E-state index >= 15 is 0 Å². The normalized spacial score (nSPS) is 11.2. The van der Waals surface area contributed by atoms with E-state index in [4.69, 9.17) is 9.15 Å². The molecule has 0 spiro atoms. The van der Waals surface area contributed by atoms with Crippen LogP contribution in [0.2, 0.25) is 0 Å². The van der Waals surface area contributed by atoms with Gasteiger partial charge in [-0.25, -0.2) is 4.98 Å². The maximum absolute atomic E-state index is 12.6. The highest BCUT2D eigenvalue weighted by molar-refractivity contribution is 6.01. The van der Waals surface area contributed by atoms with Gasteiger partial charge in [0.05, 0.1) is 12.9 Å². The van der Waals surface area contributed by atoms with Crippen LogP contribution in [0, 0.1) is 6.92 Å². The van der Waals surface area contributed by atoms with Crippen molar-refractivity contribution >= 4 is 22.1 Å². The first-order chi connectivity index (χ1) is 12.2. The highest BCUT2D eigenvalue weighted by atomic mass is 16.5. The van der Waals surface area contributed by atoms with Gasteiger partial charge < -0.3 is 9.15 Å². The van der Waals surface area contributed by atoms with Gasteiger partial charge in [0.15, 0.2) is 0 Å². The lowest BCUT2D eigenvalue weighted by molar-refractivity contribution is 0.299. The second-order valence-corrected chi connectivity index (χ2v) is 5.99. The van der Waals surface area contributed by atoms with Gasteiger partial charge in [0, 0.05) is 11.9 Å². The Morgan fingerprint density at radius 2 is 1.92 bits per heavy atom. The van der Waals surface area contributed by atoms with Gasteiger partial charge in [-0.15, -0.1) is 0 Å². The fraction of sp³-hybridized carbons (Fsp3) is 0.200. The van der Waals surface area contributed by atoms with Crippen LogP contribution in [0.4, 0.5) is 0 Å². The lowest BCUT2D eigenvalue weighted by atomic mass is 10.2. The second-order valence-electron chi connectivity index (χ2n) is 5.99. The molecule has 4 rings (SSSR count). The van der Waals surface area contributed by atoms with E-state index in [0.29, 0.717) is 36.3 Å².